The monoisotopic (exact) mass is 669 g/mol. The minimum atomic E-state index is -2.19. The summed E-state index contributed by atoms with van der Waals surface area (Å²) in [5.41, 5.74) is 11.0. The molecule has 1 aliphatic rings. The number of nitrogen functional groups attached to an aromatic ring is 1. The van der Waals surface area contributed by atoms with Gasteiger partial charge in [0.25, 0.3) is 0 Å². The maximum Gasteiger partial charge on any atom is 0.192 e. The fourth-order valence-electron chi connectivity index (χ4n) is 4.73. The first-order valence-corrected chi connectivity index (χ1v) is 18.3. The molecule has 1 aliphatic carbocycles. The molecule has 1 unspecified atom stereocenters. The maximum absolute atomic E-state index is 15.0. The smallest absolute Gasteiger partial charge is 0.192 e. The molecule has 1 saturated carbocycles. The fourth-order valence-corrected chi connectivity index (χ4v) is 6.04. The maximum atomic E-state index is 15.0. The highest BCUT2D eigenvalue weighted by Gasteiger charge is 2.38. The molecule has 0 saturated heterocycles. The number of hydrogen-bond donors (Lipinski definition) is 1. The Morgan fingerprint density at radius 3 is 2.60 bits per heavy atom. The highest BCUT2D eigenvalue weighted by atomic mass is 79.9. The van der Waals surface area contributed by atoms with Crippen LogP contribution >= 0.6 is 15.9 Å². The van der Waals surface area contributed by atoms with E-state index in [0.29, 0.717) is 27.9 Å². The van der Waals surface area contributed by atoms with Crippen LogP contribution in [0.15, 0.2) is 41.1 Å². The van der Waals surface area contributed by atoms with Gasteiger partial charge in [0.2, 0.25) is 0 Å². The molecule has 5 rings (SSSR count). The first-order chi connectivity index (χ1) is 20.2. The summed E-state index contributed by atoms with van der Waals surface area (Å²) in [7, 11) is -0.399. The van der Waals surface area contributed by atoms with Crippen molar-refractivity contribution in [2.24, 2.45) is 13.0 Å². The molecule has 4 aromatic rings. The lowest BCUT2D eigenvalue weighted by Gasteiger charge is -2.37. The van der Waals surface area contributed by atoms with Gasteiger partial charge in [-0.15, -0.1) is 0 Å². The molecule has 9 nitrogen and oxygen atoms in total. The first kappa shape index (κ1) is 31.3. The first-order valence-electron chi connectivity index (χ1n) is 14.6. The molecule has 1 aromatic carbocycles. The van der Waals surface area contributed by atoms with Gasteiger partial charge in [-0.3, -0.25) is 4.68 Å². The topological polar surface area (TPSA) is 106 Å². The second-order valence-electron chi connectivity index (χ2n) is 13.0. The Kier molecular flexibility index (Phi) is 8.83. The van der Waals surface area contributed by atoms with Crippen molar-refractivity contribution in [2.45, 2.75) is 77.7 Å². The number of ether oxygens (including phenoxy) is 1. The molecule has 12 heteroatoms. The second-order valence-corrected chi connectivity index (χ2v) is 18.7. The number of pyridine rings is 1. The van der Waals surface area contributed by atoms with Crippen molar-refractivity contribution in [1.82, 2.24) is 29.8 Å². The molecule has 2 N–H and O–H groups in total. The summed E-state index contributed by atoms with van der Waals surface area (Å²) in [6.45, 7) is 14.1. The van der Waals surface area contributed by atoms with E-state index in [-0.39, 0.29) is 23.3 Å². The zero-order chi connectivity index (χ0) is 31.1. The predicted octanol–water partition coefficient (Wildman–Crippen LogP) is 7.01. The lowest BCUT2D eigenvalue weighted by atomic mass is 9.97. The van der Waals surface area contributed by atoms with E-state index in [2.05, 4.69) is 61.0 Å². The molecule has 0 radical (unpaired) electrons. The van der Waals surface area contributed by atoms with E-state index in [1.807, 2.05) is 11.6 Å². The summed E-state index contributed by atoms with van der Waals surface area (Å²) in [5.74, 6) is 0.951. The molecule has 3 heterocycles. The third-order valence-corrected chi connectivity index (χ3v) is 13.4. The minimum absolute atomic E-state index is 0.0292. The van der Waals surface area contributed by atoms with E-state index >= 15 is 4.39 Å². The van der Waals surface area contributed by atoms with Crippen molar-refractivity contribution in [2.75, 3.05) is 12.3 Å². The van der Waals surface area contributed by atoms with Gasteiger partial charge in [-0.1, -0.05) is 20.8 Å². The van der Waals surface area contributed by atoms with Crippen LogP contribution in [0.3, 0.4) is 0 Å². The summed E-state index contributed by atoms with van der Waals surface area (Å²) >= 11 is 3.46. The van der Waals surface area contributed by atoms with Gasteiger partial charge in [0.1, 0.15) is 17.6 Å². The molecule has 3 aromatic heterocycles. The van der Waals surface area contributed by atoms with Gasteiger partial charge in [-0.25, -0.2) is 9.37 Å². The van der Waals surface area contributed by atoms with Crippen LogP contribution in [-0.4, -0.2) is 44.7 Å². The van der Waals surface area contributed by atoms with Crippen molar-refractivity contribution in [3.63, 3.8) is 0 Å². The van der Waals surface area contributed by atoms with Crippen LogP contribution in [0, 0.1) is 18.7 Å². The third-order valence-electron chi connectivity index (χ3n) is 8.47. The van der Waals surface area contributed by atoms with Crippen LogP contribution < -0.4 is 10.5 Å². The van der Waals surface area contributed by atoms with Gasteiger partial charge in [-0.05, 0) is 89.6 Å². The normalized spacial score (nSPS) is 14.7. The van der Waals surface area contributed by atoms with Gasteiger partial charge in [0, 0.05) is 48.0 Å². The predicted molar refractivity (Wildman–Crippen MR) is 172 cm³/mol. The summed E-state index contributed by atoms with van der Waals surface area (Å²) in [6, 6.07) is 6.44. The van der Waals surface area contributed by atoms with Crippen molar-refractivity contribution in [3.05, 3.63) is 69.5 Å². The molecule has 1 fully saturated rings. The number of anilines is 1. The molecule has 0 amide bonds. The van der Waals surface area contributed by atoms with Crippen molar-refractivity contribution < 1.29 is 13.6 Å². The van der Waals surface area contributed by atoms with Crippen molar-refractivity contribution in [1.29, 1.82) is 0 Å². The molecule has 1 atom stereocenters. The third kappa shape index (κ3) is 7.35. The zero-order valence-electron chi connectivity index (χ0n) is 26.0. The van der Waals surface area contributed by atoms with Gasteiger partial charge >= 0.3 is 0 Å². The molecule has 43 heavy (non-hydrogen) atoms. The van der Waals surface area contributed by atoms with Gasteiger partial charge < -0.3 is 14.9 Å². The summed E-state index contributed by atoms with van der Waals surface area (Å²) in [4.78, 5) is 5.79. The van der Waals surface area contributed by atoms with E-state index in [0.717, 1.165) is 35.0 Å². The number of aryl methyl sites for hydroxylation is 2. The van der Waals surface area contributed by atoms with Crippen LogP contribution in [0.25, 0.3) is 11.3 Å². The van der Waals surface area contributed by atoms with E-state index in [1.54, 1.807) is 30.2 Å². The van der Waals surface area contributed by atoms with Crippen LogP contribution in [-0.2, 0) is 24.4 Å². The molecule has 0 aliphatic heterocycles. The Balaban J connectivity index is 1.55. The highest BCUT2D eigenvalue weighted by molar-refractivity contribution is 9.10. The quantitative estimate of drug-likeness (QED) is 0.171. The Bertz CT molecular complexity index is 1610. The van der Waals surface area contributed by atoms with E-state index in [4.69, 9.17) is 30.2 Å². The van der Waals surface area contributed by atoms with Gasteiger partial charge in [0.15, 0.2) is 19.9 Å². The SMILES string of the molecule is Cc1nn(CC2CC2)cc1Cc1nn(C)nc1-c1ccc(F)cc1C(CO[Si](C)(C)C(C)(C)C)Oc1cc(Br)cnc1N. The van der Waals surface area contributed by atoms with Gasteiger partial charge in [0.05, 0.1) is 18.0 Å². The van der Waals surface area contributed by atoms with Crippen LogP contribution in [0.1, 0.15) is 62.2 Å². The number of nitrogens with two attached hydrogens (primary N) is 1. The van der Waals surface area contributed by atoms with Crippen molar-refractivity contribution in [3.8, 4) is 17.0 Å². The largest absolute Gasteiger partial charge is 0.479 e. The summed E-state index contributed by atoms with van der Waals surface area (Å²) in [6.07, 6.45) is 6.10. The molecular weight excluding hydrogens is 629 g/mol. The number of rotatable bonds is 11. The molecular formula is C31H41BrFN7O2Si. The highest BCUT2D eigenvalue weighted by Crippen LogP contribution is 2.40. The molecule has 0 bridgehead atoms. The van der Waals surface area contributed by atoms with Crippen molar-refractivity contribution >= 4 is 30.1 Å². The number of halogens is 2. The summed E-state index contributed by atoms with van der Waals surface area (Å²) < 4.78 is 30.9. The number of nitrogens with zero attached hydrogens (tertiary/aromatic N) is 6. The summed E-state index contributed by atoms with van der Waals surface area (Å²) in [5, 5.41) is 14.2. The average molecular weight is 671 g/mol. The average Bonchev–Trinajstić information content (AvgIpc) is 3.56. The Morgan fingerprint density at radius 1 is 1.16 bits per heavy atom. The molecule has 0 spiro atoms. The Hall–Kier alpha value is -3.09. The lowest BCUT2D eigenvalue weighted by Crippen LogP contribution is -2.42. The van der Waals surface area contributed by atoms with Crippen LogP contribution in [0.4, 0.5) is 10.2 Å². The lowest BCUT2D eigenvalue weighted by molar-refractivity contribution is 0.121. The standard InChI is InChI=1S/C31H41BrFN7O2Si/c1-19-21(17-40(36-19)16-20-8-9-20)12-26-29(38-39(5)37-26)24-11-10-23(33)14-25(24)28(18-41-43(6,7)31(2,3)4)42-27-13-22(32)15-35-30(27)34/h10-11,13-15,17,20,28H,8-9,12,16,18H2,1-7H3,(H2,34,35). The minimum Gasteiger partial charge on any atom is -0.479 e. The molecule has 230 valence electrons. The Labute approximate surface area is 262 Å². The second kappa shape index (κ2) is 12.1. The van der Waals surface area contributed by atoms with Gasteiger partial charge in [-0.2, -0.15) is 20.1 Å². The number of benzene rings is 1. The Morgan fingerprint density at radius 2 is 1.91 bits per heavy atom. The van der Waals surface area contributed by atoms with E-state index < -0.39 is 14.4 Å². The van der Waals surface area contributed by atoms with Crippen LogP contribution in [0.5, 0.6) is 5.75 Å². The zero-order valence-corrected chi connectivity index (χ0v) is 28.6. The van der Waals surface area contributed by atoms with Crippen LogP contribution in [0.2, 0.25) is 18.1 Å². The number of aromatic nitrogens is 6. The van der Waals surface area contributed by atoms with E-state index in [1.165, 1.54) is 25.0 Å². The number of hydrogen-bond acceptors (Lipinski definition) is 7. The fraction of sp³-hybridized carbons (Fsp3) is 0.484. The van der Waals surface area contributed by atoms with E-state index in [9.17, 15) is 0 Å².